The van der Waals surface area contributed by atoms with E-state index < -0.39 is 0 Å². The van der Waals surface area contributed by atoms with E-state index in [4.69, 9.17) is 5.73 Å². The molecule has 0 aliphatic heterocycles. The fourth-order valence-electron chi connectivity index (χ4n) is 3.92. The molecule has 3 N–H and O–H groups in total. The summed E-state index contributed by atoms with van der Waals surface area (Å²) in [5.41, 5.74) is 13.9. The molecule has 0 aliphatic carbocycles. The van der Waals surface area contributed by atoms with Gasteiger partial charge in [-0.25, -0.2) is 0 Å². The Bertz CT molecular complexity index is 1080. The largest absolute Gasteiger partial charge is 0.401 e. The highest BCUT2D eigenvalue weighted by Crippen LogP contribution is 2.25. The Hall–Kier alpha value is -3.52. The second-order valence-electron chi connectivity index (χ2n) is 10.6. The van der Waals surface area contributed by atoms with Crippen LogP contribution in [-0.4, -0.2) is 6.54 Å². The maximum Gasteiger partial charge on any atom is 0.0536 e. The maximum absolute atomic E-state index is 5.64. The van der Waals surface area contributed by atoms with Gasteiger partial charge in [0.1, 0.15) is 0 Å². The maximum atomic E-state index is 5.64. The summed E-state index contributed by atoms with van der Waals surface area (Å²) in [4.78, 5) is 0. The van der Waals surface area contributed by atoms with E-state index in [0.717, 1.165) is 37.3 Å². The van der Waals surface area contributed by atoms with Crippen molar-refractivity contribution in [1.29, 1.82) is 0 Å². The van der Waals surface area contributed by atoms with Gasteiger partial charge >= 0.3 is 0 Å². The zero-order valence-electron chi connectivity index (χ0n) is 24.5. The molecule has 0 radical (unpaired) electrons. The molecule has 0 saturated carbocycles. The van der Waals surface area contributed by atoms with Crippen LogP contribution in [0.15, 0.2) is 116 Å². The van der Waals surface area contributed by atoms with Crippen LogP contribution in [0.1, 0.15) is 56.7 Å². The average Bonchev–Trinajstić information content (AvgIpc) is 2.88. The van der Waals surface area contributed by atoms with Gasteiger partial charge in [-0.05, 0) is 67.7 Å². The minimum atomic E-state index is 0.381. The molecule has 1 unspecified atom stereocenters. The third-order valence-electron chi connectivity index (χ3n) is 5.82. The number of nitrogens with two attached hydrogens (primary N) is 1. The van der Waals surface area contributed by atoms with Crippen LogP contribution in [0, 0.1) is 25.7 Å². The second-order valence-corrected chi connectivity index (χ2v) is 10.6. The summed E-state index contributed by atoms with van der Waals surface area (Å²) >= 11 is 0. The Labute approximate surface area is 233 Å². The molecule has 0 saturated heterocycles. The molecule has 0 aromatic heterocycles. The van der Waals surface area contributed by atoms with Gasteiger partial charge in [-0.1, -0.05) is 124 Å². The second kappa shape index (κ2) is 18.7. The Morgan fingerprint density at radius 2 is 1.47 bits per heavy atom. The Morgan fingerprint density at radius 1 is 0.895 bits per heavy atom. The first-order chi connectivity index (χ1) is 18.1. The lowest BCUT2D eigenvalue weighted by Gasteiger charge is -2.20. The first-order valence-electron chi connectivity index (χ1n) is 13.8. The molecule has 204 valence electrons. The van der Waals surface area contributed by atoms with Gasteiger partial charge < -0.3 is 11.1 Å². The first kappa shape index (κ1) is 32.5. The van der Waals surface area contributed by atoms with Gasteiger partial charge in [0.15, 0.2) is 0 Å². The van der Waals surface area contributed by atoms with Crippen molar-refractivity contribution < 1.29 is 0 Å². The standard InChI is InChI=1S/C25H32N2.C7H8.C4H10/c1-5-10-23(21(4)27-18-20(3)26)14-9-11-22-15-16-25(19(2)17-22)24-12-7-6-8-13-24;1-7-5-3-2-4-6-7;1-4(2)3/h5-8,12-13,15-17,23,27H,1,3-4,9-11,14,18,26H2,2H3;2-6H,1H3;4H,1-3H3. The van der Waals surface area contributed by atoms with Gasteiger partial charge in [-0.15, -0.1) is 6.58 Å². The quantitative estimate of drug-likeness (QED) is 0.252. The molecule has 3 aromatic rings. The fourth-order valence-corrected chi connectivity index (χ4v) is 3.92. The average molecular weight is 511 g/mol. The van der Waals surface area contributed by atoms with Gasteiger partial charge in [0, 0.05) is 17.3 Å². The highest BCUT2D eigenvalue weighted by molar-refractivity contribution is 5.67. The molecule has 0 fully saturated rings. The fraction of sp³-hybridized carbons (Fsp3) is 0.333. The van der Waals surface area contributed by atoms with Crippen LogP contribution < -0.4 is 11.1 Å². The molecule has 3 rings (SSSR count). The topological polar surface area (TPSA) is 38.0 Å². The van der Waals surface area contributed by atoms with E-state index in [-0.39, 0.29) is 0 Å². The number of rotatable bonds is 11. The number of allylic oxidation sites excluding steroid dienone is 2. The van der Waals surface area contributed by atoms with Crippen LogP contribution in [0.3, 0.4) is 0 Å². The third-order valence-corrected chi connectivity index (χ3v) is 5.82. The molecule has 2 nitrogen and oxygen atoms in total. The van der Waals surface area contributed by atoms with Gasteiger partial charge in [0.25, 0.3) is 0 Å². The van der Waals surface area contributed by atoms with Crippen molar-refractivity contribution in [3.05, 3.63) is 133 Å². The molecule has 38 heavy (non-hydrogen) atoms. The number of hydrogen-bond acceptors (Lipinski definition) is 2. The molecule has 0 bridgehead atoms. The summed E-state index contributed by atoms with van der Waals surface area (Å²) in [6, 6.07) is 27.6. The van der Waals surface area contributed by atoms with Gasteiger partial charge in [-0.3, -0.25) is 0 Å². The van der Waals surface area contributed by atoms with Crippen LogP contribution in [0.2, 0.25) is 0 Å². The highest BCUT2D eigenvalue weighted by atomic mass is 14.9. The normalized spacial score (nSPS) is 10.8. The molecule has 0 heterocycles. The predicted molar refractivity (Wildman–Crippen MR) is 170 cm³/mol. The summed E-state index contributed by atoms with van der Waals surface area (Å²) < 4.78 is 0. The molecule has 0 aliphatic rings. The predicted octanol–water partition coefficient (Wildman–Crippen LogP) is 9.41. The van der Waals surface area contributed by atoms with Gasteiger partial charge in [0.2, 0.25) is 0 Å². The molecule has 3 aromatic carbocycles. The summed E-state index contributed by atoms with van der Waals surface area (Å²) in [6.45, 7) is 23.1. The summed E-state index contributed by atoms with van der Waals surface area (Å²) in [7, 11) is 0. The van der Waals surface area contributed by atoms with Gasteiger partial charge in [-0.2, -0.15) is 0 Å². The zero-order chi connectivity index (χ0) is 28.3. The van der Waals surface area contributed by atoms with Crippen molar-refractivity contribution in [3.8, 4) is 11.1 Å². The monoisotopic (exact) mass is 510 g/mol. The minimum Gasteiger partial charge on any atom is -0.401 e. The van der Waals surface area contributed by atoms with Crippen LogP contribution in [0.4, 0.5) is 0 Å². The number of nitrogens with one attached hydrogen (secondary N) is 1. The zero-order valence-corrected chi connectivity index (χ0v) is 24.5. The Morgan fingerprint density at radius 3 is 1.95 bits per heavy atom. The van der Waals surface area contributed by atoms with Crippen molar-refractivity contribution in [3.63, 3.8) is 0 Å². The van der Waals surface area contributed by atoms with Crippen LogP contribution in [0.5, 0.6) is 0 Å². The molecule has 0 spiro atoms. The van der Waals surface area contributed by atoms with Crippen molar-refractivity contribution in [2.45, 2.75) is 60.3 Å². The number of aryl methyl sites for hydroxylation is 3. The minimum absolute atomic E-state index is 0.381. The van der Waals surface area contributed by atoms with E-state index in [1.807, 2.05) is 24.3 Å². The van der Waals surface area contributed by atoms with Crippen molar-refractivity contribution in [1.82, 2.24) is 5.32 Å². The van der Waals surface area contributed by atoms with E-state index in [1.165, 1.54) is 27.8 Å². The smallest absolute Gasteiger partial charge is 0.0536 e. The van der Waals surface area contributed by atoms with Crippen LogP contribution >= 0.6 is 0 Å². The molecular formula is C36H50N2. The third kappa shape index (κ3) is 14.3. The molecule has 0 amide bonds. The van der Waals surface area contributed by atoms with Crippen molar-refractivity contribution in [2.75, 3.05) is 6.54 Å². The van der Waals surface area contributed by atoms with E-state index in [0.29, 0.717) is 18.2 Å². The van der Waals surface area contributed by atoms with E-state index in [1.54, 1.807) is 0 Å². The lowest BCUT2D eigenvalue weighted by Crippen LogP contribution is -2.24. The number of benzene rings is 3. The van der Waals surface area contributed by atoms with Crippen LogP contribution in [-0.2, 0) is 6.42 Å². The summed E-state index contributed by atoms with van der Waals surface area (Å²) in [6.07, 6.45) is 6.16. The Balaban J connectivity index is 0.000000543. The molecule has 1 atom stereocenters. The first-order valence-corrected chi connectivity index (χ1v) is 13.8. The lowest BCUT2D eigenvalue weighted by atomic mass is 9.92. The van der Waals surface area contributed by atoms with Crippen molar-refractivity contribution >= 4 is 0 Å². The molecule has 2 heteroatoms. The van der Waals surface area contributed by atoms with E-state index in [2.05, 4.69) is 120 Å². The van der Waals surface area contributed by atoms with Crippen LogP contribution in [0.25, 0.3) is 11.1 Å². The highest BCUT2D eigenvalue weighted by Gasteiger charge is 2.11. The summed E-state index contributed by atoms with van der Waals surface area (Å²) in [5, 5.41) is 3.28. The van der Waals surface area contributed by atoms with E-state index in [9.17, 15) is 0 Å². The Kier molecular flexibility index (Phi) is 16.0. The van der Waals surface area contributed by atoms with Gasteiger partial charge in [0.05, 0.1) is 6.54 Å². The SMILES string of the molecule is C=CCC(CCCc1ccc(-c2ccccc2)c(C)c1)C(=C)NCC(=C)N.CC(C)C.Cc1ccccc1. The van der Waals surface area contributed by atoms with Crippen molar-refractivity contribution in [2.24, 2.45) is 17.6 Å². The number of hydrogen-bond donors (Lipinski definition) is 2. The van der Waals surface area contributed by atoms with E-state index >= 15 is 0 Å². The lowest BCUT2D eigenvalue weighted by molar-refractivity contribution is 0.511. The molecular weight excluding hydrogens is 460 g/mol. The summed E-state index contributed by atoms with van der Waals surface area (Å²) in [5.74, 6) is 1.21.